The summed E-state index contributed by atoms with van der Waals surface area (Å²) in [5.74, 6) is 1.21. The molecule has 4 aliphatic rings. The fraction of sp³-hybridized carbons (Fsp3) is 0.895. The van der Waals surface area contributed by atoms with Crippen LogP contribution in [-0.4, -0.2) is 74.0 Å². The molecule has 0 aromatic carbocycles. The van der Waals surface area contributed by atoms with Crippen molar-refractivity contribution in [1.82, 2.24) is 20.4 Å². The molecule has 6 nitrogen and oxygen atoms in total. The second-order valence-corrected chi connectivity index (χ2v) is 8.45. The number of hydrogen-bond acceptors (Lipinski definition) is 4. The summed E-state index contributed by atoms with van der Waals surface area (Å²) in [7, 11) is 0. The average Bonchev–Trinajstić information content (AvgIpc) is 3.27. The lowest BCUT2D eigenvalue weighted by molar-refractivity contribution is -0.139. The predicted molar refractivity (Wildman–Crippen MR) is 111 cm³/mol. The SMILES string of the molecule is Cl.Cl.O=C(NCCN1CCN(C(=O)C2CCC2)CC1)C1CC12CCNCC2. The van der Waals surface area contributed by atoms with Crippen LogP contribution in [0.1, 0.15) is 38.5 Å². The molecule has 4 fully saturated rings. The van der Waals surface area contributed by atoms with Gasteiger partial charge in [0.15, 0.2) is 0 Å². The van der Waals surface area contributed by atoms with Crippen LogP contribution in [-0.2, 0) is 9.59 Å². The van der Waals surface area contributed by atoms with Gasteiger partial charge in [-0.15, -0.1) is 24.8 Å². The Morgan fingerprint density at radius 3 is 2.30 bits per heavy atom. The minimum atomic E-state index is 0. The summed E-state index contributed by atoms with van der Waals surface area (Å²) in [6.45, 7) is 7.34. The van der Waals surface area contributed by atoms with E-state index >= 15 is 0 Å². The molecule has 4 rings (SSSR count). The Morgan fingerprint density at radius 2 is 1.70 bits per heavy atom. The van der Waals surface area contributed by atoms with Crippen LogP contribution in [0.4, 0.5) is 0 Å². The number of amides is 2. The molecule has 0 aromatic heterocycles. The summed E-state index contributed by atoms with van der Waals surface area (Å²) < 4.78 is 0. The third-order valence-corrected chi connectivity index (χ3v) is 6.97. The van der Waals surface area contributed by atoms with Crippen molar-refractivity contribution in [1.29, 1.82) is 0 Å². The van der Waals surface area contributed by atoms with Gasteiger partial charge in [0.25, 0.3) is 0 Å². The Hall–Kier alpha value is -0.560. The Balaban J connectivity index is 0.00000131. The molecule has 0 aromatic rings. The van der Waals surface area contributed by atoms with Crippen molar-refractivity contribution in [2.24, 2.45) is 17.3 Å². The lowest BCUT2D eigenvalue weighted by Crippen LogP contribution is -2.52. The molecule has 156 valence electrons. The molecule has 1 unspecified atom stereocenters. The van der Waals surface area contributed by atoms with E-state index in [1.807, 2.05) is 4.90 Å². The average molecular weight is 421 g/mol. The molecule has 2 heterocycles. The van der Waals surface area contributed by atoms with E-state index < -0.39 is 0 Å². The number of hydrogen-bond donors (Lipinski definition) is 2. The zero-order chi connectivity index (χ0) is 17.3. The predicted octanol–water partition coefficient (Wildman–Crippen LogP) is 1.28. The minimum Gasteiger partial charge on any atom is -0.355 e. The van der Waals surface area contributed by atoms with Crippen LogP contribution in [0.25, 0.3) is 0 Å². The summed E-state index contributed by atoms with van der Waals surface area (Å²) in [6, 6.07) is 0. The van der Waals surface area contributed by atoms with Gasteiger partial charge >= 0.3 is 0 Å². The highest BCUT2D eigenvalue weighted by molar-refractivity contribution is 5.85. The van der Waals surface area contributed by atoms with Crippen LogP contribution >= 0.6 is 24.8 Å². The topological polar surface area (TPSA) is 64.7 Å². The highest BCUT2D eigenvalue weighted by atomic mass is 35.5. The molecule has 1 spiro atoms. The molecule has 2 saturated carbocycles. The van der Waals surface area contributed by atoms with Gasteiger partial charge in [0.1, 0.15) is 0 Å². The Morgan fingerprint density at radius 1 is 1.04 bits per heavy atom. The molecule has 27 heavy (non-hydrogen) atoms. The molecule has 2 amide bonds. The highest BCUT2D eigenvalue weighted by Crippen LogP contribution is 2.58. The summed E-state index contributed by atoms with van der Waals surface area (Å²) in [6.07, 6.45) is 6.79. The lowest BCUT2D eigenvalue weighted by atomic mass is 9.84. The van der Waals surface area contributed by atoms with E-state index in [0.29, 0.717) is 17.2 Å². The molecule has 2 aliphatic carbocycles. The van der Waals surface area contributed by atoms with Gasteiger partial charge in [0, 0.05) is 51.1 Å². The van der Waals surface area contributed by atoms with Crippen LogP contribution in [0.5, 0.6) is 0 Å². The summed E-state index contributed by atoms with van der Waals surface area (Å²) in [5.41, 5.74) is 0.322. The van der Waals surface area contributed by atoms with Crippen LogP contribution in [0, 0.1) is 17.3 Å². The molecule has 1 atom stereocenters. The molecule has 0 radical (unpaired) electrons. The molecule has 2 aliphatic heterocycles. The van der Waals surface area contributed by atoms with Crippen molar-refractivity contribution in [3.8, 4) is 0 Å². The summed E-state index contributed by atoms with van der Waals surface area (Å²) in [5, 5.41) is 6.54. The van der Waals surface area contributed by atoms with Gasteiger partial charge in [0.2, 0.25) is 11.8 Å². The van der Waals surface area contributed by atoms with Crippen LogP contribution in [0.2, 0.25) is 0 Å². The number of nitrogens with zero attached hydrogens (tertiary/aromatic N) is 2. The normalized spacial score (nSPS) is 27.1. The summed E-state index contributed by atoms with van der Waals surface area (Å²) >= 11 is 0. The fourth-order valence-electron chi connectivity index (χ4n) is 4.76. The minimum absolute atomic E-state index is 0. The van der Waals surface area contributed by atoms with E-state index in [1.165, 1.54) is 6.42 Å². The van der Waals surface area contributed by atoms with Crippen molar-refractivity contribution < 1.29 is 9.59 Å². The number of carbonyl (C=O) groups is 2. The van der Waals surface area contributed by atoms with E-state index in [0.717, 1.165) is 84.5 Å². The second kappa shape index (κ2) is 9.77. The Labute approximate surface area is 175 Å². The second-order valence-electron chi connectivity index (χ2n) is 8.45. The maximum atomic E-state index is 12.4. The number of rotatable bonds is 5. The van der Waals surface area contributed by atoms with Crippen molar-refractivity contribution in [2.45, 2.75) is 38.5 Å². The van der Waals surface area contributed by atoms with Gasteiger partial charge in [-0.2, -0.15) is 0 Å². The summed E-state index contributed by atoms with van der Waals surface area (Å²) in [4.78, 5) is 29.1. The number of carbonyl (C=O) groups excluding carboxylic acids is 2. The van der Waals surface area contributed by atoms with E-state index in [9.17, 15) is 9.59 Å². The zero-order valence-electron chi connectivity index (χ0n) is 16.1. The highest BCUT2D eigenvalue weighted by Gasteiger charge is 2.57. The lowest BCUT2D eigenvalue weighted by Gasteiger charge is -2.38. The van der Waals surface area contributed by atoms with Crippen LogP contribution in [0.15, 0.2) is 0 Å². The molecule has 2 saturated heterocycles. The number of halogens is 2. The van der Waals surface area contributed by atoms with Crippen LogP contribution < -0.4 is 10.6 Å². The maximum absolute atomic E-state index is 12.4. The largest absolute Gasteiger partial charge is 0.355 e. The number of nitrogens with one attached hydrogen (secondary N) is 2. The maximum Gasteiger partial charge on any atom is 0.225 e. The molecular weight excluding hydrogens is 387 g/mol. The zero-order valence-corrected chi connectivity index (χ0v) is 17.7. The van der Waals surface area contributed by atoms with Gasteiger partial charge in [-0.25, -0.2) is 0 Å². The van der Waals surface area contributed by atoms with Crippen molar-refractivity contribution >= 4 is 36.6 Å². The number of piperazine rings is 1. The van der Waals surface area contributed by atoms with Gasteiger partial charge in [-0.3, -0.25) is 14.5 Å². The third kappa shape index (κ3) is 5.08. The third-order valence-electron chi connectivity index (χ3n) is 6.97. The van der Waals surface area contributed by atoms with Crippen LogP contribution in [0.3, 0.4) is 0 Å². The molecular formula is C19H34Cl2N4O2. The smallest absolute Gasteiger partial charge is 0.225 e. The molecule has 2 N–H and O–H groups in total. The van der Waals surface area contributed by atoms with E-state index in [-0.39, 0.29) is 36.6 Å². The van der Waals surface area contributed by atoms with E-state index in [4.69, 9.17) is 0 Å². The fourth-order valence-corrected chi connectivity index (χ4v) is 4.76. The Kier molecular flexibility index (Phi) is 8.22. The molecule has 8 heteroatoms. The number of piperidine rings is 1. The first-order chi connectivity index (χ1) is 12.2. The van der Waals surface area contributed by atoms with Crippen molar-refractivity contribution in [2.75, 3.05) is 52.4 Å². The van der Waals surface area contributed by atoms with Crippen molar-refractivity contribution in [3.63, 3.8) is 0 Å². The first kappa shape index (κ1) is 22.7. The van der Waals surface area contributed by atoms with E-state index in [1.54, 1.807) is 0 Å². The Bertz CT molecular complexity index is 516. The van der Waals surface area contributed by atoms with Gasteiger partial charge < -0.3 is 15.5 Å². The van der Waals surface area contributed by atoms with Crippen molar-refractivity contribution in [3.05, 3.63) is 0 Å². The first-order valence-electron chi connectivity index (χ1n) is 10.2. The standard InChI is InChI=1S/C19H32N4O2.2ClH/c24-17(16-14-19(16)4-6-20-7-5-19)21-8-9-22-10-12-23(13-11-22)18(25)15-2-1-3-15;;/h15-16,20H,1-14H2,(H,21,24);2*1H. The quantitative estimate of drug-likeness (QED) is 0.702. The van der Waals surface area contributed by atoms with E-state index in [2.05, 4.69) is 15.5 Å². The van der Waals surface area contributed by atoms with Gasteiger partial charge in [-0.05, 0) is 50.6 Å². The van der Waals surface area contributed by atoms with Gasteiger partial charge in [0.05, 0.1) is 0 Å². The molecule has 0 bridgehead atoms. The monoisotopic (exact) mass is 420 g/mol. The first-order valence-corrected chi connectivity index (χ1v) is 10.2. The van der Waals surface area contributed by atoms with Gasteiger partial charge in [-0.1, -0.05) is 6.42 Å².